The predicted octanol–water partition coefficient (Wildman–Crippen LogP) is 8.59. The molecular formula is C28H22F4. The van der Waals surface area contributed by atoms with Crippen molar-refractivity contribution in [1.29, 1.82) is 0 Å². The molecule has 0 nitrogen and oxygen atoms in total. The summed E-state index contributed by atoms with van der Waals surface area (Å²) in [6, 6.07) is 20.1. The maximum atomic E-state index is 14.8. The van der Waals surface area contributed by atoms with E-state index in [9.17, 15) is 17.6 Å². The number of halogens is 4. The molecule has 0 aliphatic carbocycles. The molecule has 0 N–H and O–H groups in total. The summed E-state index contributed by atoms with van der Waals surface area (Å²) in [6.07, 6.45) is 3.39. The first-order valence-electron chi connectivity index (χ1n) is 11.0. The first-order chi connectivity index (χ1) is 15.9. The first kappa shape index (κ1) is 20.5. The van der Waals surface area contributed by atoms with Gasteiger partial charge in [0, 0.05) is 5.56 Å². The highest BCUT2D eigenvalue weighted by Crippen LogP contribution is 2.31. The predicted molar refractivity (Wildman–Crippen MR) is 121 cm³/mol. The zero-order chi connectivity index (χ0) is 23.5. The van der Waals surface area contributed by atoms with Crippen molar-refractivity contribution in [2.75, 3.05) is 0 Å². The molecule has 0 aromatic heterocycles. The average molecular weight is 435 g/mol. The van der Waals surface area contributed by atoms with Gasteiger partial charge in [0.1, 0.15) is 5.82 Å². The molecule has 0 radical (unpaired) electrons. The summed E-state index contributed by atoms with van der Waals surface area (Å²) in [5.74, 6) is -5.59. The van der Waals surface area contributed by atoms with E-state index >= 15 is 0 Å². The van der Waals surface area contributed by atoms with Gasteiger partial charge < -0.3 is 0 Å². The summed E-state index contributed by atoms with van der Waals surface area (Å²) in [6.45, 7) is 2.17. The zero-order valence-corrected chi connectivity index (χ0v) is 17.6. The molecule has 0 bridgehead atoms. The third-order valence-electron chi connectivity index (χ3n) is 5.50. The number of hydrogen-bond acceptors (Lipinski definition) is 0. The summed E-state index contributed by atoms with van der Waals surface area (Å²) in [5, 5.41) is 0. The fourth-order valence-electron chi connectivity index (χ4n) is 3.66. The summed E-state index contributed by atoms with van der Waals surface area (Å²) in [7, 11) is 0. The lowest BCUT2D eigenvalue weighted by Gasteiger charge is -2.09. The van der Waals surface area contributed by atoms with Crippen LogP contribution < -0.4 is 0 Å². The minimum absolute atomic E-state index is 0.165. The molecule has 0 saturated carbocycles. The molecule has 4 aromatic rings. The number of aryl methyl sites for hydroxylation is 1. The van der Waals surface area contributed by atoms with Crippen LogP contribution in [-0.4, -0.2) is 0 Å². The van der Waals surface area contributed by atoms with Crippen LogP contribution in [0.2, 0.25) is 0 Å². The third-order valence-corrected chi connectivity index (χ3v) is 5.50. The van der Waals surface area contributed by atoms with E-state index in [0.717, 1.165) is 36.0 Å². The van der Waals surface area contributed by atoms with Crippen LogP contribution in [0.5, 0.6) is 0 Å². The van der Waals surface area contributed by atoms with E-state index in [0.29, 0.717) is 11.6 Å². The quantitative estimate of drug-likeness (QED) is 0.210. The summed E-state index contributed by atoms with van der Waals surface area (Å²) in [4.78, 5) is 0. The van der Waals surface area contributed by atoms with Crippen molar-refractivity contribution in [2.45, 2.75) is 26.2 Å². The van der Waals surface area contributed by atoms with E-state index in [4.69, 9.17) is 1.37 Å². The molecular weight excluding hydrogens is 412 g/mol. The zero-order valence-electron chi connectivity index (χ0n) is 18.6. The van der Waals surface area contributed by atoms with Crippen LogP contribution >= 0.6 is 0 Å². The molecule has 162 valence electrons. The van der Waals surface area contributed by atoms with Gasteiger partial charge in [-0.3, -0.25) is 0 Å². The summed E-state index contributed by atoms with van der Waals surface area (Å²) >= 11 is 0. The topological polar surface area (TPSA) is 0 Å². The number of hydrogen-bond donors (Lipinski definition) is 0. The monoisotopic (exact) mass is 435 g/mol. The fourth-order valence-corrected chi connectivity index (χ4v) is 3.66. The van der Waals surface area contributed by atoms with Gasteiger partial charge in [0.2, 0.25) is 0 Å². The third kappa shape index (κ3) is 4.59. The summed E-state index contributed by atoms with van der Waals surface area (Å²) in [5.41, 5.74) is 4.28. The Morgan fingerprint density at radius 2 is 1.16 bits per heavy atom. The Labute approximate surface area is 186 Å². The van der Waals surface area contributed by atoms with Gasteiger partial charge in [-0.15, -0.1) is 0 Å². The Morgan fingerprint density at radius 1 is 0.625 bits per heavy atom. The van der Waals surface area contributed by atoms with E-state index in [2.05, 4.69) is 31.2 Å². The van der Waals surface area contributed by atoms with Crippen molar-refractivity contribution in [3.8, 4) is 33.4 Å². The second kappa shape index (κ2) is 9.39. The van der Waals surface area contributed by atoms with Gasteiger partial charge in [-0.25, -0.2) is 17.6 Å². The Hall–Kier alpha value is -3.40. The molecule has 0 saturated heterocycles. The fraction of sp³-hybridized carbons (Fsp3) is 0.143. The van der Waals surface area contributed by atoms with E-state index in [1.54, 1.807) is 6.07 Å². The lowest BCUT2D eigenvalue weighted by Crippen LogP contribution is -1.94. The SMILES string of the molecule is [2H]c1c(-c2ccc(-c3ccc(-c4ccc(CCCC)cc4)cc3)cc2F)cc(F)c(F)c1F. The molecule has 4 heteroatoms. The van der Waals surface area contributed by atoms with Gasteiger partial charge in [-0.05, 0) is 64.4 Å². The highest BCUT2D eigenvalue weighted by Gasteiger charge is 2.14. The second-order valence-corrected chi connectivity index (χ2v) is 7.73. The first-order valence-corrected chi connectivity index (χ1v) is 10.5. The molecule has 32 heavy (non-hydrogen) atoms. The van der Waals surface area contributed by atoms with E-state index in [1.807, 2.05) is 24.3 Å². The maximum Gasteiger partial charge on any atom is 0.194 e. The molecule has 0 atom stereocenters. The van der Waals surface area contributed by atoms with Crippen molar-refractivity contribution < 1.29 is 18.9 Å². The molecule has 0 aliphatic rings. The van der Waals surface area contributed by atoms with Gasteiger partial charge in [-0.1, -0.05) is 74.0 Å². The van der Waals surface area contributed by atoms with E-state index in [1.165, 1.54) is 17.7 Å². The second-order valence-electron chi connectivity index (χ2n) is 7.73. The van der Waals surface area contributed by atoms with Crippen LogP contribution in [0.3, 0.4) is 0 Å². The van der Waals surface area contributed by atoms with Crippen molar-refractivity contribution in [3.63, 3.8) is 0 Å². The lowest BCUT2D eigenvalue weighted by molar-refractivity contribution is 0.447. The van der Waals surface area contributed by atoms with E-state index < -0.39 is 29.3 Å². The van der Waals surface area contributed by atoms with Crippen LogP contribution in [0.15, 0.2) is 78.8 Å². The van der Waals surface area contributed by atoms with E-state index in [-0.39, 0.29) is 11.1 Å². The lowest BCUT2D eigenvalue weighted by atomic mass is 9.97. The van der Waals surface area contributed by atoms with Gasteiger partial charge in [0.05, 0.1) is 1.37 Å². The Bertz CT molecular complexity index is 1280. The molecule has 4 aromatic carbocycles. The minimum atomic E-state index is -1.74. The smallest absolute Gasteiger partial charge is 0.194 e. The van der Waals surface area contributed by atoms with Crippen molar-refractivity contribution in [3.05, 3.63) is 108 Å². The highest BCUT2D eigenvalue weighted by molar-refractivity contribution is 5.73. The molecule has 4 rings (SSSR count). The molecule has 0 aliphatic heterocycles. The minimum Gasteiger partial charge on any atom is -0.206 e. The molecule has 0 spiro atoms. The van der Waals surface area contributed by atoms with Crippen LogP contribution in [0.25, 0.3) is 33.4 Å². The van der Waals surface area contributed by atoms with Gasteiger partial charge in [0.25, 0.3) is 0 Å². The normalized spacial score (nSPS) is 11.5. The molecule has 0 fully saturated rings. The van der Waals surface area contributed by atoms with Gasteiger partial charge in [0.15, 0.2) is 17.5 Å². The highest BCUT2D eigenvalue weighted by atomic mass is 19.2. The van der Waals surface area contributed by atoms with Gasteiger partial charge >= 0.3 is 0 Å². The average Bonchev–Trinajstić information content (AvgIpc) is 2.84. The van der Waals surface area contributed by atoms with Crippen molar-refractivity contribution in [1.82, 2.24) is 0 Å². The van der Waals surface area contributed by atoms with Crippen molar-refractivity contribution >= 4 is 0 Å². The molecule has 0 amide bonds. The Morgan fingerprint density at radius 3 is 1.75 bits per heavy atom. The van der Waals surface area contributed by atoms with Crippen molar-refractivity contribution in [2.24, 2.45) is 0 Å². The Balaban J connectivity index is 1.59. The number of unbranched alkanes of at least 4 members (excludes halogenated alkanes) is 1. The van der Waals surface area contributed by atoms with Crippen LogP contribution in [0, 0.1) is 23.3 Å². The van der Waals surface area contributed by atoms with Gasteiger partial charge in [-0.2, -0.15) is 0 Å². The largest absolute Gasteiger partial charge is 0.206 e. The molecule has 0 unspecified atom stereocenters. The Kier molecular flexibility index (Phi) is 6.02. The van der Waals surface area contributed by atoms with Crippen LogP contribution in [-0.2, 0) is 6.42 Å². The van der Waals surface area contributed by atoms with Crippen LogP contribution in [0.1, 0.15) is 26.7 Å². The maximum absolute atomic E-state index is 14.8. The molecule has 0 heterocycles. The van der Waals surface area contributed by atoms with Crippen LogP contribution in [0.4, 0.5) is 17.6 Å². The number of benzene rings is 4. The number of rotatable bonds is 6. The standard InChI is InChI=1S/C28H22F4/c1-2-3-4-18-5-7-19(8-6-18)20-9-11-21(12-10-20)22-13-14-24(25(29)15-22)23-16-26(30)28(32)27(31)17-23/h5-17H,2-4H2,1H3/i16D. The summed E-state index contributed by atoms with van der Waals surface area (Å²) < 4.78 is 63.2.